The number of aromatic nitrogens is 1. The maximum absolute atomic E-state index is 11.8. The average molecular weight is 254 g/mol. The lowest BCUT2D eigenvalue weighted by molar-refractivity contribution is 0.0600. The van der Waals surface area contributed by atoms with E-state index in [1.54, 1.807) is 0 Å². The molecule has 0 aliphatic carbocycles. The summed E-state index contributed by atoms with van der Waals surface area (Å²) in [6.45, 7) is 4.72. The smallest absolute Gasteiger partial charge is 0.367 e. The summed E-state index contributed by atoms with van der Waals surface area (Å²) >= 11 is 1.09. The maximum atomic E-state index is 11.8. The summed E-state index contributed by atoms with van der Waals surface area (Å²) < 4.78 is 4.61. The number of nitrogens with zero attached hydrogens (tertiary/aromatic N) is 1. The van der Waals surface area contributed by atoms with Gasteiger partial charge in [-0.05, 0) is 11.8 Å². The Hall–Kier alpha value is -1.43. The van der Waals surface area contributed by atoms with Crippen LogP contribution < -0.4 is 5.32 Å². The predicted octanol–water partition coefficient (Wildman–Crippen LogP) is 1.24. The van der Waals surface area contributed by atoms with Gasteiger partial charge in [0.1, 0.15) is 4.88 Å². The van der Waals surface area contributed by atoms with E-state index in [1.807, 2.05) is 0 Å². The van der Waals surface area contributed by atoms with Crippen LogP contribution in [0, 0.1) is 5.41 Å². The normalized spacial score (nSPS) is 17.9. The van der Waals surface area contributed by atoms with Crippen LogP contribution in [0.2, 0.25) is 0 Å². The van der Waals surface area contributed by atoms with Crippen molar-refractivity contribution < 1.29 is 14.3 Å². The molecule has 0 aromatic carbocycles. The lowest BCUT2D eigenvalue weighted by Crippen LogP contribution is -2.31. The first-order valence-electron chi connectivity index (χ1n) is 5.29. The Morgan fingerprint density at radius 1 is 1.53 bits per heavy atom. The lowest BCUT2D eigenvalue weighted by atomic mass is 9.88. The monoisotopic (exact) mass is 254 g/mol. The standard InChI is InChI=1S/C11H14N2O3S/c1-11(2)4-6-7(8(14)12-5-11)17-9(13-6)10(15)16-3/h4-5H2,1-3H3,(H,12,14). The highest BCUT2D eigenvalue weighted by Gasteiger charge is 2.31. The number of thiazole rings is 1. The molecule has 5 nitrogen and oxygen atoms in total. The molecule has 6 heteroatoms. The van der Waals surface area contributed by atoms with Gasteiger partial charge in [-0.25, -0.2) is 9.78 Å². The molecule has 1 aliphatic heterocycles. The molecule has 0 spiro atoms. The second-order valence-corrected chi connectivity index (χ2v) is 5.81. The molecule has 0 bridgehead atoms. The van der Waals surface area contributed by atoms with Gasteiger partial charge in [0.15, 0.2) is 0 Å². The second kappa shape index (κ2) is 4.10. The number of hydrogen-bond donors (Lipinski definition) is 1. The van der Waals surface area contributed by atoms with Crippen molar-refractivity contribution in [1.29, 1.82) is 0 Å². The Balaban J connectivity index is 2.42. The van der Waals surface area contributed by atoms with E-state index in [0.29, 0.717) is 23.5 Å². The van der Waals surface area contributed by atoms with Crippen LogP contribution in [-0.4, -0.2) is 30.5 Å². The van der Waals surface area contributed by atoms with E-state index in [1.165, 1.54) is 7.11 Å². The summed E-state index contributed by atoms with van der Waals surface area (Å²) in [5.41, 5.74) is 0.637. The average Bonchev–Trinajstić information content (AvgIpc) is 2.64. The predicted molar refractivity (Wildman–Crippen MR) is 63.3 cm³/mol. The van der Waals surface area contributed by atoms with Gasteiger partial charge in [-0.2, -0.15) is 0 Å². The van der Waals surface area contributed by atoms with E-state index in [9.17, 15) is 9.59 Å². The Labute approximate surface area is 103 Å². The van der Waals surface area contributed by atoms with Crippen LogP contribution in [0.1, 0.15) is 39.0 Å². The minimum Gasteiger partial charge on any atom is -0.464 e. The van der Waals surface area contributed by atoms with Gasteiger partial charge in [0.2, 0.25) is 5.01 Å². The summed E-state index contributed by atoms with van der Waals surface area (Å²) in [6.07, 6.45) is 0.675. The van der Waals surface area contributed by atoms with Crippen molar-refractivity contribution in [3.63, 3.8) is 0 Å². The third kappa shape index (κ3) is 2.31. The third-order valence-electron chi connectivity index (χ3n) is 2.64. The van der Waals surface area contributed by atoms with Gasteiger partial charge < -0.3 is 10.1 Å². The van der Waals surface area contributed by atoms with Crippen molar-refractivity contribution in [3.05, 3.63) is 15.6 Å². The van der Waals surface area contributed by atoms with Gasteiger partial charge in [-0.3, -0.25) is 4.79 Å². The highest BCUT2D eigenvalue weighted by atomic mass is 32.1. The summed E-state index contributed by atoms with van der Waals surface area (Å²) in [7, 11) is 1.30. The van der Waals surface area contributed by atoms with Crippen molar-refractivity contribution in [2.24, 2.45) is 5.41 Å². The number of carbonyl (C=O) groups excluding carboxylic acids is 2. The van der Waals surface area contributed by atoms with Crippen LogP contribution in [0.5, 0.6) is 0 Å². The molecule has 92 valence electrons. The zero-order valence-electron chi connectivity index (χ0n) is 9.99. The molecular formula is C11H14N2O3S. The van der Waals surface area contributed by atoms with Gasteiger partial charge in [-0.1, -0.05) is 13.8 Å². The van der Waals surface area contributed by atoms with E-state index < -0.39 is 5.97 Å². The molecule has 0 fully saturated rings. The number of rotatable bonds is 1. The number of esters is 1. The highest BCUT2D eigenvalue weighted by molar-refractivity contribution is 7.15. The quantitative estimate of drug-likeness (QED) is 0.766. The minimum atomic E-state index is -0.492. The fraction of sp³-hybridized carbons (Fsp3) is 0.545. The van der Waals surface area contributed by atoms with Gasteiger partial charge in [0.05, 0.1) is 12.8 Å². The summed E-state index contributed by atoms with van der Waals surface area (Å²) in [6, 6.07) is 0. The molecule has 2 rings (SSSR count). The minimum absolute atomic E-state index is 0.0532. The molecule has 2 heterocycles. The molecule has 0 saturated carbocycles. The molecule has 0 radical (unpaired) electrons. The zero-order chi connectivity index (χ0) is 12.6. The molecule has 1 N–H and O–H groups in total. The van der Waals surface area contributed by atoms with E-state index in [-0.39, 0.29) is 16.3 Å². The molecular weight excluding hydrogens is 240 g/mol. The fourth-order valence-electron chi connectivity index (χ4n) is 1.74. The topological polar surface area (TPSA) is 68.3 Å². The molecule has 1 aromatic rings. The zero-order valence-corrected chi connectivity index (χ0v) is 10.8. The summed E-state index contributed by atoms with van der Waals surface area (Å²) in [5, 5.41) is 3.08. The molecule has 1 aromatic heterocycles. The van der Waals surface area contributed by atoms with Gasteiger partial charge in [-0.15, -0.1) is 11.3 Å². The lowest BCUT2D eigenvalue weighted by Gasteiger charge is -2.20. The number of carbonyl (C=O) groups is 2. The molecule has 1 amide bonds. The number of amides is 1. The Morgan fingerprint density at radius 2 is 2.24 bits per heavy atom. The van der Waals surface area contributed by atoms with E-state index in [4.69, 9.17) is 0 Å². The highest BCUT2D eigenvalue weighted by Crippen LogP contribution is 2.29. The van der Waals surface area contributed by atoms with Crippen molar-refractivity contribution in [2.75, 3.05) is 13.7 Å². The Kier molecular flexibility index (Phi) is 2.91. The van der Waals surface area contributed by atoms with Gasteiger partial charge >= 0.3 is 5.97 Å². The molecule has 0 saturated heterocycles. The third-order valence-corrected chi connectivity index (χ3v) is 3.71. The van der Waals surface area contributed by atoms with E-state index >= 15 is 0 Å². The van der Waals surface area contributed by atoms with Crippen LogP contribution in [0.3, 0.4) is 0 Å². The molecule has 17 heavy (non-hydrogen) atoms. The van der Waals surface area contributed by atoms with Crippen LogP contribution in [-0.2, 0) is 11.2 Å². The first-order valence-corrected chi connectivity index (χ1v) is 6.11. The van der Waals surface area contributed by atoms with Crippen LogP contribution >= 0.6 is 11.3 Å². The number of hydrogen-bond acceptors (Lipinski definition) is 5. The summed E-state index contributed by atoms with van der Waals surface area (Å²) in [5.74, 6) is -0.646. The first-order chi connectivity index (χ1) is 7.93. The summed E-state index contributed by atoms with van der Waals surface area (Å²) in [4.78, 5) is 27.9. The largest absolute Gasteiger partial charge is 0.464 e. The number of methoxy groups -OCH3 is 1. The van der Waals surface area contributed by atoms with Crippen LogP contribution in [0.25, 0.3) is 0 Å². The molecule has 1 aliphatic rings. The van der Waals surface area contributed by atoms with Crippen LogP contribution in [0.15, 0.2) is 0 Å². The van der Waals surface area contributed by atoms with Gasteiger partial charge in [0, 0.05) is 6.54 Å². The number of nitrogens with one attached hydrogen (secondary N) is 1. The van der Waals surface area contributed by atoms with Crippen molar-refractivity contribution in [2.45, 2.75) is 20.3 Å². The Bertz CT molecular complexity index is 479. The first kappa shape index (κ1) is 12.0. The fourth-order valence-corrected chi connectivity index (χ4v) is 2.66. The van der Waals surface area contributed by atoms with Crippen molar-refractivity contribution >= 4 is 23.2 Å². The Morgan fingerprint density at radius 3 is 2.88 bits per heavy atom. The van der Waals surface area contributed by atoms with E-state index in [2.05, 4.69) is 28.9 Å². The second-order valence-electron chi connectivity index (χ2n) is 4.81. The van der Waals surface area contributed by atoms with Crippen molar-refractivity contribution in [3.8, 4) is 0 Å². The van der Waals surface area contributed by atoms with Gasteiger partial charge in [0.25, 0.3) is 5.91 Å². The number of fused-ring (bicyclic) bond motifs is 1. The maximum Gasteiger partial charge on any atom is 0.367 e. The van der Waals surface area contributed by atoms with Crippen LogP contribution in [0.4, 0.5) is 0 Å². The SMILES string of the molecule is COC(=O)c1nc2c(s1)C(=O)NCC(C)(C)C2. The van der Waals surface area contributed by atoms with E-state index in [0.717, 1.165) is 11.3 Å². The number of ether oxygens (including phenoxy) is 1. The van der Waals surface area contributed by atoms with Crippen molar-refractivity contribution in [1.82, 2.24) is 10.3 Å². The molecule has 0 atom stereocenters. The molecule has 0 unspecified atom stereocenters.